The second-order valence-corrected chi connectivity index (χ2v) is 6.87. The first-order valence-electron chi connectivity index (χ1n) is 9.66. The zero-order valence-electron chi connectivity index (χ0n) is 16.6. The van der Waals surface area contributed by atoms with E-state index in [9.17, 15) is 15.3 Å². The van der Waals surface area contributed by atoms with E-state index < -0.39 is 6.04 Å². The summed E-state index contributed by atoms with van der Waals surface area (Å²) in [5.74, 6) is 0.189. The van der Waals surface area contributed by atoms with E-state index in [1.54, 1.807) is 30.3 Å². The van der Waals surface area contributed by atoms with E-state index in [1.807, 2.05) is 35.2 Å². The number of hydrogen-bond donors (Lipinski definition) is 6. The molecule has 2 aromatic carbocycles. The second-order valence-electron chi connectivity index (χ2n) is 6.87. The fourth-order valence-corrected chi connectivity index (χ4v) is 3.11. The Balaban J connectivity index is 1.81. The standard InChI is InChI=1S/C22H27N5O3/c23-19-13-20(24)22(26-16-3-7-18(30)8-4-16)14-21(19)25-15-1-5-17(6-2-15)27(9-11-28)10-12-29/h1-8,13-14,20,26,28-30H,9-12,23-24H2/b25-21-. The monoisotopic (exact) mass is 409 g/mol. The van der Waals surface area contributed by atoms with Crippen LogP contribution in [0.15, 0.2) is 77.1 Å². The molecule has 2 aromatic rings. The van der Waals surface area contributed by atoms with Gasteiger partial charge in [0, 0.05) is 30.2 Å². The number of aromatic hydroxyl groups is 1. The number of phenolic OH excluding ortho intramolecular Hbond substituents is 1. The molecule has 0 spiro atoms. The van der Waals surface area contributed by atoms with Crippen molar-refractivity contribution in [2.45, 2.75) is 6.04 Å². The summed E-state index contributed by atoms with van der Waals surface area (Å²) in [7, 11) is 0. The van der Waals surface area contributed by atoms with Crippen molar-refractivity contribution in [3.8, 4) is 5.75 Å². The molecule has 0 aromatic heterocycles. The van der Waals surface area contributed by atoms with Crippen LogP contribution in [-0.4, -0.2) is 53.4 Å². The van der Waals surface area contributed by atoms with E-state index in [0.717, 1.165) is 17.1 Å². The molecule has 1 aliphatic rings. The summed E-state index contributed by atoms with van der Waals surface area (Å²) in [6.45, 7) is 0.897. The van der Waals surface area contributed by atoms with Gasteiger partial charge in [0.2, 0.25) is 0 Å². The quantitative estimate of drug-likeness (QED) is 0.362. The number of nitrogens with zero attached hydrogens (tertiary/aromatic N) is 2. The minimum absolute atomic E-state index is 0.00718. The number of aliphatic hydroxyl groups excluding tert-OH is 2. The van der Waals surface area contributed by atoms with Crippen LogP contribution >= 0.6 is 0 Å². The van der Waals surface area contributed by atoms with Crippen LogP contribution in [0.2, 0.25) is 0 Å². The maximum absolute atomic E-state index is 9.43. The summed E-state index contributed by atoms with van der Waals surface area (Å²) in [5.41, 5.74) is 16.5. The Morgan fingerprint density at radius 1 is 0.967 bits per heavy atom. The molecule has 8 nitrogen and oxygen atoms in total. The largest absolute Gasteiger partial charge is 0.508 e. The van der Waals surface area contributed by atoms with Gasteiger partial charge in [-0.15, -0.1) is 0 Å². The van der Waals surface area contributed by atoms with E-state index in [1.165, 1.54) is 0 Å². The van der Waals surface area contributed by atoms with Crippen LogP contribution in [0.5, 0.6) is 5.75 Å². The second kappa shape index (κ2) is 9.93. The van der Waals surface area contributed by atoms with Gasteiger partial charge in [0.15, 0.2) is 0 Å². The van der Waals surface area contributed by atoms with E-state index in [2.05, 4.69) is 10.3 Å². The number of nitrogens with one attached hydrogen (secondary N) is 1. The number of anilines is 2. The number of phenols is 1. The highest BCUT2D eigenvalue weighted by Gasteiger charge is 2.17. The summed E-state index contributed by atoms with van der Waals surface area (Å²) >= 11 is 0. The third kappa shape index (κ3) is 5.38. The first-order valence-corrected chi connectivity index (χ1v) is 9.66. The molecule has 0 saturated carbocycles. The zero-order chi connectivity index (χ0) is 21.5. The lowest BCUT2D eigenvalue weighted by Gasteiger charge is -2.23. The normalized spacial score (nSPS) is 17.4. The molecule has 0 fully saturated rings. The van der Waals surface area contributed by atoms with Crippen LogP contribution in [0.1, 0.15) is 0 Å². The lowest BCUT2D eigenvalue weighted by Crippen LogP contribution is -2.31. The molecular formula is C22H27N5O3. The van der Waals surface area contributed by atoms with Crippen LogP contribution in [-0.2, 0) is 0 Å². The van der Waals surface area contributed by atoms with Gasteiger partial charge in [-0.05, 0) is 60.7 Å². The number of allylic oxidation sites excluding steroid dienone is 1. The summed E-state index contributed by atoms with van der Waals surface area (Å²) in [5, 5.41) is 31.0. The van der Waals surface area contributed by atoms with Gasteiger partial charge in [-0.1, -0.05) is 0 Å². The zero-order valence-corrected chi connectivity index (χ0v) is 16.6. The average molecular weight is 409 g/mol. The smallest absolute Gasteiger partial charge is 0.115 e. The van der Waals surface area contributed by atoms with Gasteiger partial charge in [0.1, 0.15) is 5.75 Å². The van der Waals surface area contributed by atoms with Gasteiger partial charge in [0.05, 0.1) is 36.4 Å². The molecule has 8 heteroatoms. The van der Waals surface area contributed by atoms with Gasteiger partial charge < -0.3 is 37.0 Å². The SMILES string of the molecule is NC1=CC(N)C(Nc2ccc(O)cc2)=C/C1=N/c1ccc(N(CCO)CCO)cc1. The van der Waals surface area contributed by atoms with Crippen molar-refractivity contribution in [2.75, 3.05) is 36.5 Å². The highest BCUT2D eigenvalue weighted by molar-refractivity contribution is 6.10. The molecule has 0 saturated heterocycles. The van der Waals surface area contributed by atoms with Crippen molar-refractivity contribution in [1.29, 1.82) is 0 Å². The maximum Gasteiger partial charge on any atom is 0.115 e. The highest BCUT2D eigenvalue weighted by Crippen LogP contribution is 2.23. The van der Waals surface area contributed by atoms with Crippen molar-refractivity contribution in [3.05, 3.63) is 72.1 Å². The fourth-order valence-electron chi connectivity index (χ4n) is 3.11. The first-order chi connectivity index (χ1) is 14.5. The van der Waals surface area contributed by atoms with Crippen molar-refractivity contribution < 1.29 is 15.3 Å². The predicted octanol–water partition coefficient (Wildman–Crippen LogP) is 1.44. The van der Waals surface area contributed by atoms with E-state index in [0.29, 0.717) is 30.2 Å². The molecule has 0 aliphatic heterocycles. The van der Waals surface area contributed by atoms with Crippen molar-refractivity contribution in [2.24, 2.45) is 16.5 Å². The van der Waals surface area contributed by atoms with Crippen molar-refractivity contribution >= 4 is 22.8 Å². The molecule has 0 bridgehead atoms. The lowest BCUT2D eigenvalue weighted by molar-refractivity contribution is 0.281. The number of benzene rings is 2. The van der Waals surface area contributed by atoms with Crippen molar-refractivity contribution in [3.63, 3.8) is 0 Å². The first kappa shape index (κ1) is 21.4. The summed E-state index contributed by atoms with van der Waals surface area (Å²) in [4.78, 5) is 6.52. The van der Waals surface area contributed by atoms with Crippen LogP contribution in [0.25, 0.3) is 0 Å². The number of aliphatic imine (C=N–C) groups is 1. The Labute approximate surface area is 175 Å². The molecular weight excluding hydrogens is 382 g/mol. The van der Waals surface area contributed by atoms with Crippen LogP contribution in [0.3, 0.4) is 0 Å². The lowest BCUT2D eigenvalue weighted by atomic mass is 10.0. The topological polar surface area (TPSA) is 140 Å². The van der Waals surface area contributed by atoms with Crippen LogP contribution in [0.4, 0.5) is 17.1 Å². The van der Waals surface area contributed by atoms with Gasteiger partial charge in [-0.25, -0.2) is 4.99 Å². The molecule has 8 N–H and O–H groups in total. The predicted molar refractivity (Wildman–Crippen MR) is 120 cm³/mol. The summed E-state index contributed by atoms with van der Waals surface area (Å²) < 4.78 is 0. The summed E-state index contributed by atoms with van der Waals surface area (Å²) in [6, 6.07) is 13.8. The number of rotatable bonds is 8. The summed E-state index contributed by atoms with van der Waals surface area (Å²) in [6.07, 6.45) is 3.55. The minimum atomic E-state index is -0.398. The number of hydrogen-bond acceptors (Lipinski definition) is 8. The number of nitrogens with two attached hydrogens (primary N) is 2. The minimum Gasteiger partial charge on any atom is -0.508 e. The van der Waals surface area contributed by atoms with Gasteiger partial charge in [0.25, 0.3) is 0 Å². The third-order valence-corrected chi connectivity index (χ3v) is 4.67. The molecule has 3 rings (SSSR count). The Kier molecular flexibility index (Phi) is 7.08. The highest BCUT2D eigenvalue weighted by atomic mass is 16.3. The Hall–Kier alpha value is -3.33. The van der Waals surface area contributed by atoms with E-state index >= 15 is 0 Å². The van der Waals surface area contributed by atoms with E-state index in [-0.39, 0.29) is 19.0 Å². The molecule has 1 aliphatic carbocycles. The molecule has 0 radical (unpaired) electrons. The van der Waals surface area contributed by atoms with Crippen molar-refractivity contribution in [1.82, 2.24) is 0 Å². The fraction of sp³-hybridized carbons (Fsp3) is 0.227. The molecule has 30 heavy (non-hydrogen) atoms. The Morgan fingerprint density at radius 3 is 2.20 bits per heavy atom. The van der Waals surface area contributed by atoms with Gasteiger partial charge >= 0.3 is 0 Å². The molecule has 0 heterocycles. The van der Waals surface area contributed by atoms with Gasteiger partial charge in [-0.2, -0.15) is 0 Å². The molecule has 158 valence electrons. The third-order valence-electron chi connectivity index (χ3n) is 4.67. The Morgan fingerprint density at radius 2 is 1.60 bits per heavy atom. The van der Waals surface area contributed by atoms with E-state index in [4.69, 9.17) is 11.5 Å². The maximum atomic E-state index is 9.43. The Bertz CT molecular complexity index is 930. The van der Waals surface area contributed by atoms with Crippen LogP contribution in [0, 0.1) is 0 Å². The number of aliphatic hydroxyl groups is 2. The average Bonchev–Trinajstić information content (AvgIpc) is 2.73. The molecule has 1 unspecified atom stereocenters. The van der Waals surface area contributed by atoms with Gasteiger partial charge in [-0.3, -0.25) is 0 Å². The molecule has 0 amide bonds. The molecule has 1 atom stereocenters. The van der Waals surface area contributed by atoms with Crippen LogP contribution < -0.4 is 21.7 Å².